The zero-order chi connectivity index (χ0) is 17.1. The highest BCUT2D eigenvalue weighted by Gasteiger charge is 2.16. The molecule has 128 valence electrons. The van der Waals surface area contributed by atoms with Crippen LogP contribution < -0.4 is 5.73 Å². The van der Waals surface area contributed by atoms with Crippen LogP contribution >= 0.6 is 0 Å². The van der Waals surface area contributed by atoms with E-state index in [0.29, 0.717) is 25.2 Å². The van der Waals surface area contributed by atoms with Gasteiger partial charge in [0.2, 0.25) is 0 Å². The number of rotatable bonds is 10. The molecule has 0 saturated carbocycles. The topological polar surface area (TPSA) is 78.6 Å². The van der Waals surface area contributed by atoms with E-state index in [9.17, 15) is 9.59 Å². The summed E-state index contributed by atoms with van der Waals surface area (Å²) in [6, 6.07) is 6.28. The Balaban J connectivity index is 2.46. The Morgan fingerprint density at radius 3 is 2.13 bits per heavy atom. The Morgan fingerprint density at radius 1 is 1.00 bits per heavy atom. The molecular formula is C18H27NO4. The van der Waals surface area contributed by atoms with Crippen molar-refractivity contribution in [1.29, 1.82) is 0 Å². The Bertz CT molecular complexity index is 484. The van der Waals surface area contributed by atoms with Crippen LogP contribution in [0.3, 0.4) is 0 Å². The van der Waals surface area contributed by atoms with Crippen molar-refractivity contribution in [1.82, 2.24) is 0 Å². The lowest BCUT2D eigenvalue weighted by Crippen LogP contribution is -2.34. The molecule has 1 aromatic rings. The van der Waals surface area contributed by atoms with Crippen LogP contribution in [0.25, 0.3) is 0 Å². The van der Waals surface area contributed by atoms with Crippen molar-refractivity contribution < 1.29 is 19.1 Å². The molecule has 5 nitrogen and oxygen atoms in total. The summed E-state index contributed by atoms with van der Waals surface area (Å²) < 4.78 is 10.2. The second-order valence-corrected chi connectivity index (χ2v) is 5.52. The number of unbranched alkanes of at least 4 members (excludes halogenated alkanes) is 2. The molecule has 0 saturated heterocycles. The summed E-state index contributed by atoms with van der Waals surface area (Å²) in [6.45, 7) is 4.92. The second kappa shape index (κ2) is 10.8. The quantitative estimate of drug-likeness (QED) is 0.529. The molecule has 1 aromatic carbocycles. The molecular weight excluding hydrogens is 294 g/mol. The molecule has 0 aromatic heterocycles. The third-order valence-electron chi connectivity index (χ3n) is 3.42. The fourth-order valence-corrected chi connectivity index (χ4v) is 1.93. The first-order valence-corrected chi connectivity index (χ1v) is 8.26. The van der Waals surface area contributed by atoms with E-state index in [1.165, 1.54) is 0 Å². The number of hydrogen-bond donors (Lipinski definition) is 1. The maximum atomic E-state index is 11.8. The zero-order valence-electron chi connectivity index (χ0n) is 14.0. The fraction of sp³-hybridized carbons (Fsp3) is 0.556. The lowest BCUT2D eigenvalue weighted by molar-refractivity contribution is -0.145. The van der Waals surface area contributed by atoms with E-state index in [2.05, 4.69) is 0 Å². The van der Waals surface area contributed by atoms with Crippen molar-refractivity contribution in [3.8, 4) is 0 Å². The fourth-order valence-electron chi connectivity index (χ4n) is 1.93. The van der Waals surface area contributed by atoms with Crippen LogP contribution in [0, 0.1) is 0 Å². The molecule has 0 unspecified atom stereocenters. The van der Waals surface area contributed by atoms with Crippen LogP contribution in [0.2, 0.25) is 0 Å². The van der Waals surface area contributed by atoms with Crippen LogP contribution in [0.15, 0.2) is 24.3 Å². The SMILES string of the molecule is CCCCOC(=O)c1ccc(C[C@H](N)C(=O)OCCCC)cc1. The summed E-state index contributed by atoms with van der Waals surface area (Å²) in [7, 11) is 0. The molecule has 0 bridgehead atoms. The van der Waals surface area contributed by atoms with Crippen LogP contribution in [0.1, 0.15) is 55.5 Å². The third kappa shape index (κ3) is 7.28. The number of carbonyl (C=O) groups excluding carboxylic acids is 2. The maximum absolute atomic E-state index is 11.8. The molecule has 0 radical (unpaired) electrons. The van der Waals surface area contributed by atoms with Gasteiger partial charge in [-0.15, -0.1) is 0 Å². The number of benzene rings is 1. The molecule has 1 rings (SSSR count). The first-order chi connectivity index (χ1) is 11.1. The van der Waals surface area contributed by atoms with Crippen molar-refractivity contribution >= 4 is 11.9 Å². The molecule has 2 N–H and O–H groups in total. The van der Waals surface area contributed by atoms with Crippen LogP contribution in [-0.2, 0) is 20.7 Å². The normalized spacial score (nSPS) is 11.8. The minimum atomic E-state index is -0.686. The van der Waals surface area contributed by atoms with E-state index in [1.54, 1.807) is 24.3 Å². The van der Waals surface area contributed by atoms with Crippen molar-refractivity contribution in [2.45, 2.75) is 52.0 Å². The lowest BCUT2D eigenvalue weighted by Gasteiger charge is -2.11. The van der Waals surface area contributed by atoms with Gasteiger partial charge in [-0.2, -0.15) is 0 Å². The minimum Gasteiger partial charge on any atom is -0.465 e. The van der Waals surface area contributed by atoms with Crippen LogP contribution in [0.5, 0.6) is 0 Å². The average Bonchev–Trinajstić information content (AvgIpc) is 2.55. The second-order valence-electron chi connectivity index (χ2n) is 5.52. The summed E-state index contributed by atoms with van der Waals surface area (Å²) in [5, 5.41) is 0. The molecule has 0 fully saturated rings. The lowest BCUT2D eigenvalue weighted by atomic mass is 10.0. The van der Waals surface area contributed by atoms with E-state index >= 15 is 0 Å². The van der Waals surface area contributed by atoms with Gasteiger partial charge in [-0.1, -0.05) is 38.8 Å². The maximum Gasteiger partial charge on any atom is 0.338 e. The predicted octanol–water partition coefficient (Wildman–Crippen LogP) is 2.86. The minimum absolute atomic E-state index is 0.326. The van der Waals surface area contributed by atoms with Gasteiger partial charge in [0.05, 0.1) is 18.8 Å². The molecule has 0 heterocycles. The first kappa shape index (κ1) is 19.2. The highest BCUT2D eigenvalue weighted by Crippen LogP contribution is 2.09. The molecule has 0 aliphatic rings. The van der Waals surface area contributed by atoms with Gasteiger partial charge in [-0.25, -0.2) is 4.79 Å². The number of hydrogen-bond acceptors (Lipinski definition) is 5. The molecule has 0 aliphatic carbocycles. The number of esters is 2. The Morgan fingerprint density at radius 2 is 1.57 bits per heavy atom. The zero-order valence-corrected chi connectivity index (χ0v) is 14.0. The van der Waals surface area contributed by atoms with E-state index in [-0.39, 0.29) is 11.9 Å². The van der Waals surface area contributed by atoms with Gasteiger partial charge in [0.1, 0.15) is 6.04 Å². The van der Waals surface area contributed by atoms with Crippen molar-refractivity contribution in [3.05, 3.63) is 35.4 Å². The molecule has 1 atom stereocenters. The number of nitrogens with two attached hydrogens (primary N) is 1. The van der Waals surface area contributed by atoms with E-state index in [0.717, 1.165) is 31.2 Å². The standard InChI is InChI=1S/C18H27NO4/c1-3-5-11-22-17(20)15-9-7-14(8-10-15)13-16(19)18(21)23-12-6-4-2/h7-10,16H,3-6,11-13,19H2,1-2H3/t16-/m0/s1. The first-order valence-electron chi connectivity index (χ1n) is 8.26. The van der Waals surface area contributed by atoms with E-state index in [1.807, 2.05) is 13.8 Å². The summed E-state index contributed by atoms with van der Waals surface area (Å²) in [4.78, 5) is 23.5. The third-order valence-corrected chi connectivity index (χ3v) is 3.42. The highest BCUT2D eigenvalue weighted by atomic mass is 16.5. The summed E-state index contributed by atoms with van der Waals surface area (Å²) in [5.41, 5.74) is 7.23. The Hall–Kier alpha value is -1.88. The molecule has 23 heavy (non-hydrogen) atoms. The van der Waals surface area contributed by atoms with Crippen molar-refractivity contribution in [2.24, 2.45) is 5.73 Å². The molecule has 5 heteroatoms. The van der Waals surface area contributed by atoms with Gasteiger partial charge >= 0.3 is 11.9 Å². The Labute approximate surface area is 138 Å². The van der Waals surface area contributed by atoms with Gasteiger partial charge in [0.15, 0.2) is 0 Å². The van der Waals surface area contributed by atoms with Gasteiger partial charge in [0, 0.05) is 0 Å². The number of carbonyl (C=O) groups is 2. The number of ether oxygens (including phenoxy) is 2. The van der Waals surface area contributed by atoms with Gasteiger partial charge in [-0.3, -0.25) is 4.79 Å². The monoisotopic (exact) mass is 321 g/mol. The predicted molar refractivity (Wildman–Crippen MR) is 89.2 cm³/mol. The molecule has 0 aliphatic heterocycles. The average molecular weight is 321 g/mol. The summed E-state index contributed by atoms with van der Waals surface area (Å²) >= 11 is 0. The van der Waals surface area contributed by atoms with Crippen molar-refractivity contribution in [2.75, 3.05) is 13.2 Å². The molecule has 0 spiro atoms. The summed E-state index contributed by atoms with van der Waals surface area (Å²) in [5.74, 6) is -0.713. The summed E-state index contributed by atoms with van der Waals surface area (Å²) in [6.07, 6.45) is 4.04. The van der Waals surface area contributed by atoms with Crippen molar-refractivity contribution in [3.63, 3.8) is 0 Å². The Kier molecular flexibility index (Phi) is 8.98. The van der Waals surface area contributed by atoms with Gasteiger partial charge in [-0.05, 0) is 37.0 Å². The van der Waals surface area contributed by atoms with Crippen LogP contribution in [-0.4, -0.2) is 31.2 Å². The van der Waals surface area contributed by atoms with Gasteiger partial charge < -0.3 is 15.2 Å². The van der Waals surface area contributed by atoms with Crippen LogP contribution in [0.4, 0.5) is 0 Å². The largest absolute Gasteiger partial charge is 0.465 e. The van der Waals surface area contributed by atoms with Gasteiger partial charge in [0.25, 0.3) is 0 Å². The smallest absolute Gasteiger partial charge is 0.338 e. The molecule has 0 amide bonds. The highest BCUT2D eigenvalue weighted by molar-refractivity contribution is 5.89. The van der Waals surface area contributed by atoms with E-state index < -0.39 is 6.04 Å². The van der Waals surface area contributed by atoms with E-state index in [4.69, 9.17) is 15.2 Å².